The normalized spacial score (nSPS) is 11.3. The van der Waals surface area contributed by atoms with Gasteiger partial charge in [0.15, 0.2) is 5.82 Å². The fraction of sp³-hybridized carbons (Fsp3) is 0.263. The van der Waals surface area contributed by atoms with Gasteiger partial charge in [-0.15, -0.1) is 5.10 Å². The lowest BCUT2D eigenvalue weighted by molar-refractivity contribution is -0.117. The number of nitrogens with zero attached hydrogens (tertiary/aromatic N) is 4. The third kappa shape index (κ3) is 4.09. The number of hydrogen-bond donors (Lipinski definition) is 1. The summed E-state index contributed by atoms with van der Waals surface area (Å²) >= 11 is 0. The van der Waals surface area contributed by atoms with Gasteiger partial charge in [-0.25, -0.2) is 4.68 Å². The van der Waals surface area contributed by atoms with Crippen LogP contribution in [-0.4, -0.2) is 26.1 Å². The van der Waals surface area contributed by atoms with E-state index >= 15 is 0 Å². The van der Waals surface area contributed by atoms with Crippen molar-refractivity contribution in [1.82, 2.24) is 20.2 Å². The van der Waals surface area contributed by atoms with Crippen LogP contribution in [0.5, 0.6) is 0 Å². The lowest BCUT2D eigenvalue weighted by Gasteiger charge is -2.16. The van der Waals surface area contributed by atoms with Crippen LogP contribution in [-0.2, 0) is 16.8 Å². The molecule has 3 aromatic rings. The second-order valence-electron chi connectivity index (χ2n) is 6.90. The Morgan fingerprint density at radius 2 is 1.64 bits per heavy atom. The number of amides is 1. The highest BCUT2D eigenvalue weighted by Gasteiger charge is 2.23. The Labute approximate surface area is 146 Å². The lowest BCUT2D eigenvalue weighted by Crippen LogP contribution is -2.25. The highest BCUT2D eigenvalue weighted by atomic mass is 16.2. The maximum Gasteiger partial charge on any atom is 0.246 e. The molecule has 0 aliphatic carbocycles. The summed E-state index contributed by atoms with van der Waals surface area (Å²) in [6.45, 7) is 6.11. The predicted molar refractivity (Wildman–Crippen MR) is 97.0 cm³/mol. The highest BCUT2D eigenvalue weighted by molar-refractivity contribution is 5.90. The van der Waals surface area contributed by atoms with Gasteiger partial charge in [0.25, 0.3) is 0 Å². The number of tetrazole rings is 1. The van der Waals surface area contributed by atoms with E-state index in [-0.39, 0.29) is 17.9 Å². The average molecular weight is 335 g/mol. The van der Waals surface area contributed by atoms with Gasteiger partial charge in [-0.2, -0.15) is 0 Å². The smallest absolute Gasteiger partial charge is 0.246 e. The van der Waals surface area contributed by atoms with E-state index < -0.39 is 0 Å². The van der Waals surface area contributed by atoms with Gasteiger partial charge < -0.3 is 5.32 Å². The SMILES string of the molecule is CC(C)(C)c1nnnn1CC(=O)Nc1ccc(-c2ccccc2)cc1. The first-order valence-electron chi connectivity index (χ1n) is 8.15. The molecule has 0 unspecified atom stereocenters. The molecule has 0 bridgehead atoms. The van der Waals surface area contributed by atoms with Gasteiger partial charge in [-0.1, -0.05) is 63.2 Å². The van der Waals surface area contributed by atoms with Crippen molar-refractivity contribution >= 4 is 11.6 Å². The number of carbonyl (C=O) groups excluding carboxylic acids is 1. The van der Waals surface area contributed by atoms with E-state index in [0.29, 0.717) is 5.82 Å². The second-order valence-corrected chi connectivity index (χ2v) is 6.90. The Balaban J connectivity index is 1.67. The molecule has 0 aliphatic heterocycles. The molecule has 1 aromatic heterocycles. The van der Waals surface area contributed by atoms with Gasteiger partial charge in [0.05, 0.1) is 0 Å². The molecular formula is C19H21N5O. The minimum absolute atomic E-state index is 0.0834. The molecule has 2 aromatic carbocycles. The number of hydrogen-bond acceptors (Lipinski definition) is 4. The number of nitrogens with one attached hydrogen (secondary N) is 1. The van der Waals surface area contributed by atoms with Crippen molar-refractivity contribution in [3.8, 4) is 11.1 Å². The Hall–Kier alpha value is -3.02. The fourth-order valence-electron chi connectivity index (χ4n) is 2.56. The van der Waals surface area contributed by atoms with Gasteiger partial charge in [0.1, 0.15) is 6.54 Å². The van der Waals surface area contributed by atoms with E-state index in [0.717, 1.165) is 16.8 Å². The van der Waals surface area contributed by atoms with Gasteiger partial charge >= 0.3 is 0 Å². The summed E-state index contributed by atoms with van der Waals surface area (Å²) in [4.78, 5) is 12.3. The van der Waals surface area contributed by atoms with Crippen molar-refractivity contribution in [3.05, 3.63) is 60.4 Å². The average Bonchev–Trinajstić information content (AvgIpc) is 3.04. The van der Waals surface area contributed by atoms with E-state index in [1.807, 2.05) is 63.2 Å². The van der Waals surface area contributed by atoms with Crippen LogP contribution < -0.4 is 5.32 Å². The van der Waals surface area contributed by atoms with Crippen molar-refractivity contribution in [3.63, 3.8) is 0 Å². The van der Waals surface area contributed by atoms with Gasteiger partial charge in [0.2, 0.25) is 5.91 Å². The molecule has 1 heterocycles. The minimum Gasteiger partial charge on any atom is -0.324 e. The molecule has 0 aliphatic rings. The molecule has 3 rings (SSSR count). The predicted octanol–water partition coefficient (Wildman–Crippen LogP) is 3.28. The second kappa shape index (κ2) is 6.84. The number of aromatic nitrogens is 4. The molecule has 0 spiro atoms. The standard InChI is InChI=1S/C19H21N5O/c1-19(2,3)18-21-22-23-24(18)13-17(25)20-16-11-9-15(10-12-16)14-7-5-4-6-8-14/h4-12H,13H2,1-3H3,(H,20,25). The maximum atomic E-state index is 12.3. The lowest BCUT2D eigenvalue weighted by atomic mass is 9.96. The number of anilines is 1. The van der Waals surface area contributed by atoms with E-state index in [1.165, 1.54) is 4.68 Å². The van der Waals surface area contributed by atoms with Crippen LogP contribution in [0.4, 0.5) is 5.69 Å². The Morgan fingerprint density at radius 3 is 2.28 bits per heavy atom. The van der Waals surface area contributed by atoms with Crippen LogP contribution in [0.15, 0.2) is 54.6 Å². The molecule has 1 N–H and O–H groups in total. The highest BCUT2D eigenvalue weighted by Crippen LogP contribution is 2.21. The van der Waals surface area contributed by atoms with Crippen molar-refractivity contribution in [2.45, 2.75) is 32.7 Å². The molecule has 6 heteroatoms. The van der Waals surface area contributed by atoms with Gasteiger partial charge in [-0.3, -0.25) is 4.79 Å². The summed E-state index contributed by atoms with van der Waals surface area (Å²) in [5.74, 6) is 0.521. The largest absolute Gasteiger partial charge is 0.324 e. The van der Waals surface area contributed by atoms with Crippen LogP contribution in [0.1, 0.15) is 26.6 Å². The molecule has 128 valence electrons. The summed E-state index contributed by atoms with van der Waals surface area (Å²) in [5, 5.41) is 14.5. The fourth-order valence-corrected chi connectivity index (χ4v) is 2.56. The maximum absolute atomic E-state index is 12.3. The third-order valence-corrected chi connectivity index (χ3v) is 3.77. The van der Waals surface area contributed by atoms with Crippen molar-refractivity contribution in [2.75, 3.05) is 5.32 Å². The zero-order chi connectivity index (χ0) is 17.9. The molecule has 1 amide bonds. The summed E-state index contributed by atoms with van der Waals surface area (Å²) in [6.07, 6.45) is 0. The van der Waals surface area contributed by atoms with Gasteiger partial charge in [-0.05, 0) is 33.7 Å². The van der Waals surface area contributed by atoms with Crippen molar-refractivity contribution in [2.24, 2.45) is 0 Å². The summed E-state index contributed by atoms with van der Waals surface area (Å²) in [7, 11) is 0. The molecule has 25 heavy (non-hydrogen) atoms. The van der Waals surface area contributed by atoms with Crippen LogP contribution >= 0.6 is 0 Å². The summed E-state index contributed by atoms with van der Waals surface area (Å²) in [5.41, 5.74) is 2.77. The number of carbonyl (C=O) groups is 1. The summed E-state index contributed by atoms with van der Waals surface area (Å²) in [6, 6.07) is 17.9. The first-order chi connectivity index (χ1) is 11.9. The first-order valence-corrected chi connectivity index (χ1v) is 8.15. The van der Waals surface area contributed by atoms with E-state index in [9.17, 15) is 4.79 Å². The Kier molecular flexibility index (Phi) is 4.61. The Bertz CT molecular complexity index is 848. The van der Waals surface area contributed by atoms with E-state index in [4.69, 9.17) is 0 Å². The van der Waals surface area contributed by atoms with Crippen LogP contribution in [0, 0.1) is 0 Å². The van der Waals surface area contributed by atoms with E-state index in [1.54, 1.807) is 0 Å². The number of rotatable bonds is 4. The molecular weight excluding hydrogens is 314 g/mol. The van der Waals surface area contributed by atoms with Crippen LogP contribution in [0.25, 0.3) is 11.1 Å². The Morgan fingerprint density at radius 1 is 1.00 bits per heavy atom. The molecule has 0 saturated carbocycles. The van der Waals surface area contributed by atoms with Gasteiger partial charge in [0, 0.05) is 11.1 Å². The molecule has 0 atom stereocenters. The molecule has 0 saturated heterocycles. The van der Waals surface area contributed by atoms with Crippen molar-refractivity contribution in [1.29, 1.82) is 0 Å². The first kappa shape index (κ1) is 16.8. The monoisotopic (exact) mass is 335 g/mol. The molecule has 6 nitrogen and oxygen atoms in total. The third-order valence-electron chi connectivity index (χ3n) is 3.77. The zero-order valence-corrected chi connectivity index (χ0v) is 14.6. The molecule has 0 radical (unpaired) electrons. The molecule has 0 fully saturated rings. The van der Waals surface area contributed by atoms with E-state index in [2.05, 4.69) is 33.0 Å². The van der Waals surface area contributed by atoms with Crippen LogP contribution in [0.3, 0.4) is 0 Å². The minimum atomic E-state index is -0.221. The zero-order valence-electron chi connectivity index (χ0n) is 14.6. The topological polar surface area (TPSA) is 72.7 Å². The van der Waals surface area contributed by atoms with Crippen LogP contribution in [0.2, 0.25) is 0 Å². The number of benzene rings is 2. The van der Waals surface area contributed by atoms with Crippen molar-refractivity contribution < 1.29 is 4.79 Å². The quantitative estimate of drug-likeness (QED) is 0.794. The summed E-state index contributed by atoms with van der Waals surface area (Å²) < 4.78 is 1.54.